The molecule has 0 aromatic heterocycles. The molecule has 0 radical (unpaired) electrons. The summed E-state index contributed by atoms with van der Waals surface area (Å²) in [5.41, 5.74) is 0. The van der Waals surface area contributed by atoms with E-state index >= 15 is 0 Å². The van der Waals surface area contributed by atoms with Crippen molar-refractivity contribution in [1.29, 1.82) is 0 Å². The van der Waals surface area contributed by atoms with E-state index in [1.807, 2.05) is 14.1 Å². The van der Waals surface area contributed by atoms with Gasteiger partial charge in [-0.2, -0.15) is 0 Å². The fourth-order valence-corrected chi connectivity index (χ4v) is 1.62. The first-order valence-electron chi connectivity index (χ1n) is 5.82. The van der Waals surface area contributed by atoms with Gasteiger partial charge in [-0.05, 0) is 26.9 Å². The van der Waals surface area contributed by atoms with Crippen molar-refractivity contribution in [2.75, 3.05) is 14.1 Å². The van der Waals surface area contributed by atoms with Crippen LogP contribution in [0.4, 0.5) is 0 Å². The third-order valence-electron chi connectivity index (χ3n) is 2.60. The van der Waals surface area contributed by atoms with E-state index in [0.717, 1.165) is 32.1 Å². The summed E-state index contributed by atoms with van der Waals surface area (Å²) in [5, 5.41) is 0. The Morgan fingerprint density at radius 2 is 1.71 bits per heavy atom. The molecule has 0 aliphatic rings. The van der Waals surface area contributed by atoms with Gasteiger partial charge in [0.25, 0.3) is 0 Å². The van der Waals surface area contributed by atoms with Gasteiger partial charge in [-0.25, -0.2) is 0 Å². The zero-order chi connectivity index (χ0) is 11.0. The molecule has 0 N–H and O–H groups in total. The molecular formula is C12H25NO. The zero-order valence-corrected chi connectivity index (χ0v) is 10.2. The van der Waals surface area contributed by atoms with Gasteiger partial charge in [-0.3, -0.25) is 9.69 Å². The summed E-state index contributed by atoms with van der Waals surface area (Å²) in [6.45, 7) is 4.30. The standard InChI is InChI=1S/C12H25NO/c1-5-7-9-11(13(3)4)12(14)10-8-6-2/h11H,5-10H2,1-4H3. The lowest BCUT2D eigenvalue weighted by Gasteiger charge is -2.22. The zero-order valence-electron chi connectivity index (χ0n) is 10.2. The lowest BCUT2D eigenvalue weighted by Crippen LogP contribution is -2.35. The molecule has 2 nitrogen and oxygen atoms in total. The molecule has 2 heteroatoms. The van der Waals surface area contributed by atoms with Crippen molar-refractivity contribution in [2.24, 2.45) is 0 Å². The van der Waals surface area contributed by atoms with Gasteiger partial charge < -0.3 is 0 Å². The van der Waals surface area contributed by atoms with E-state index in [2.05, 4.69) is 18.7 Å². The molecular weight excluding hydrogens is 174 g/mol. The maximum atomic E-state index is 11.8. The normalized spacial score (nSPS) is 13.2. The Hall–Kier alpha value is -0.370. The van der Waals surface area contributed by atoms with Crippen LogP contribution in [0.2, 0.25) is 0 Å². The molecule has 0 amide bonds. The minimum Gasteiger partial charge on any atom is -0.300 e. The summed E-state index contributed by atoms with van der Waals surface area (Å²) in [5.74, 6) is 0.422. The number of ketones is 1. The number of carbonyl (C=O) groups is 1. The van der Waals surface area contributed by atoms with Gasteiger partial charge in [-0.15, -0.1) is 0 Å². The van der Waals surface area contributed by atoms with Crippen molar-refractivity contribution in [3.05, 3.63) is 0 Å². The molecule has 0 aliphatic carbocycles. The van der Waals surface area contributed by atoms with Gasteiger partial charge in [0.2, 0.25) is 0 Å². The molecule has 0 aromatic carbocycles. The SMILES string of the molecule is CCCCC(=O)C(CCCC)N(C)C. The summed E-state index contributed by atoms with van der Waals surface area (Å²) >= 11 is 0. The number of likely N-dealkylation sites (N-methyl/N-ethyl adjacent to an activating group) is 1. The predicted octanol–water partition coefficient (Wildman–Crippen LogP) is 2.87. The average molecular weight is 199 g/mol. The van der Waals surface area contributed by atoms with Crippen molar-refractivity contribution in [3.8, 4) is 0 Å². The third-order valence-corrected chi connectivity index (χ3v) is 2.60. The van der Waals surface area contributed by atoms with Crippen molar-refractivity contribution >= 4 is 5.78 Å². The van der Waals surface area contributed by atoms with E-state index in [0.29, 0.717) is 5.78 Å². The van der Waals surface area contributed by atoms with E-state index in [9.17, 15) is 4.79 Å². The van der Waals surface area contributed by atoms with Gasteiger partial charge in [0.1, 0.15) is 5.78 Å². The second kappa shape index (κ2) is 7.98. The lowest BCUT2D eigenvalue weighted by molar-refractivity contribution is -0.123. The number of carbonyl (C=O) groups excluding carboxylic acids is 1. The van der Waals surface area contributed by atoms with Crippen LogP contribution in [-0.2, 0) is 4.79 Å². The van der Waals surface area contributed by atoms with Crippen molar-refractivity contribution in [3.63, 3.8) is 0 Å². The highest BCUT2D eigenvalue weighted by Crippen LogP contribution is 2.10. The number of hydrogen-bond acceptors (Lipinski definition) is 2. The van der Waals surface area contributed by atoms with Crippen LogP contribution < -0.4 is 0 Å². The minimum atomic E-state index is 0.154. The molecule has 0 saturated carbocycles. The molecule has 0 aliphatic heterocycles. The van der Waals surface area contributed by atoms with Crippen LogP contribution in [0, 0.1) is 0 Å². The first kappa shape index (κ1) is 13.6. The maximum Gasteiger partial charge on any atom is 0.149 e. The van der Waals surface area contributed by atoms with E-state index in [1.54, 1.807) is 0 Å². The van der Waals surface area contributed by atoms with Crippen molar-refractivity contribution in [2.45, 2.75) is 58.4 Å². The lowest BCUT2D eigenvalue weighted by atomic mass is 10.0. The first-order chi connectivity index (χ1) is 6.63. The number of nitrogens with zero attached hydrogens (tertiary/aromatic N) is 1. The molecule has 0 saturated heterocycles. The Balaban J connectivity index is 3.98. The number of hydrogen-bond donors (Lipinski definition) is 0. The maximum absolute atomic E-state index is 11.8. The number of unbranched alkanes of at least 4 members (excludes halogenated alkanes) is 2. The summed E-state index contributed by atoms with van der Waals surface area (Å²) in [6, 6.07) is 0.154. The highest BCUT2D eigenvalue weighted by atomic mass is 16.1. The molecule has 1 unspecified atom stereocenters. The third kappa shape index (κ3) is 5.38. The van der Waals surface area contributed by atoms with Gasteiger partial charge in [-0.1, -0.05) is 33.1 Å². The average Bonchev–Trinajstić information content (AvgIpc) is 2.14. The van der Waals surface area contributed by atoms with Crippen LogP contribution in [0.5, 0.6) is 0 Å². The summed E-state index contributed by atoms with van der Waals surface area (Å²) in [6.07, 6.45) is 6.25. The fourth-order valence-electron chi connectivity index (χ4n) is 1.62. The molecule has 0 fully saturated rings. The summed E-state index contributed by atoms with van der Waals surface area (Å²) in [7, 11) is 4.01. The highest BCUT2D eigenvalue weighted by Gasteiger charge is 2.18. The topological polar surface area (TPSA) is 20.3 Å². The Labute approximate surface area is 88.7 Å². The molecule has 0 spiro atoms. The molecule has 0 aromatic rings. The minimum absolute atomic E-state index is 0.154. The molecule has 0 bridgehead atoms. The van der Waals surface area contributed by atoms with Crippen LogP contribution in [0.15, 0.2) is 0 Å². The van der Waals surface area contributed by atoms with Crippen LogP contribution in [0.3, 0.4) is 0 Å². The van der Waals surface area contributed by atoms with Gasteiger partial charge in [0, 0.05) is 6.42 Å². The van der Waals surface area contributed by atoms with Gasteiger partial charge in [0.05, 0.1) is 6.04 Å². The first-order valence-corrected chi connectivity index (χ1v) is 5.82. The molecule has 1 atom stereocenters. The van der Waals surface area contributed by atoms with Crippen LogP contribution >= 0.6 is 0 Å². The summed E-state index contributed by atoms with van der Waals surface area (Å²) in [4.78, 5) is 13.9. The van der Waals surface area contributed by atoms with E-state index < -0.39 is 0 Å². The van der Waals surface area contributed by atoms with Gasteiger partial charge in [0.15, 0.2) is 0 Å². The quantitative estimate of drug-likeness (QED) is 0.599. The number of rotatable bonds is 8. The Morgan fingerprint density at radius 3 is 2.14 bits per heavy atom. The van der Waals surface area contributed by atoms with Gasteiger partial charge >= 0.3 is 0 Å². The van der Waals surface area contributed by atoms with Crippen molar-refractivity contribution < 1.29 is 4.79 Å². The summed E-state index contributed by atoms with van der Waals surface area (Å²) < 4.78 is 0. The molecule has 0 rings (SSSR count). The monoisotopic (exact) mass is 199 g/mol. The molecule has 14 heavy (non-hydrogen) atoms. The molecule has 84 valence electrons. The van der Waals surface area contributed by atoms with Crippen LogP contribution in [-0.4, -0.2) is 30.8 Å². The second-order valence-electron chi connectivity index (χ2n) is 4.19. The highest BCUT2D eigenvalue weighted by molar-refractivity contribution is 5.83. The molecule has 0 heterocycles. The van der Waals surface area contributed by atoms with E-state index in [1.165, 1.54) is 6.42 Å². The smallest absolute Gasteiger partial charge is 0.149 e. The van der Waals surface area contributed by atoms with E-state index in [-0.39, 0.29) is 6.04 Å². The Morgan fingerprint density at radius 1 is 1.14 bits per heavy atom. The van der Waals surface area contributed by atoms with Crippen molar-refractivity contribution in [1.82, 2.24) is 4.90 Å². The van der Waals surface area contributed by atoms with Crippen LogP contribution in [0.25, 0.3) is 0 Å². The predicted molar refractivity (Wildman–Crippen MR) is 61.5 cm³/mol. The largest absolute Gasteiger partial charge is 0.300 e. The fraction of sp³-hybridized carbons (Fsp3) is 0.917. The van der Waals surface area contributed by atoms with Crippen LogP contribution in [0.1, 0.15) is 52.4 Å². The Bertz CT molecular complexity index is 154. The Kier molecular flexibility index (Phi) is 7.77. The van der Waals surface area contributed by atoms with E-state index in [4.69, 9.17) is 0 Å². The second-order valence-corrected chi connectivity index (χ2v) is 4.19. The number of Topliss-reactive ketones (excluding diaryl/α,β-unsaturated/α-hetero) is 1.